The van der Waals surface area contributed by atoms with Crippen molar-refractivity contribution in [1.82, 2.24) is 9.97 Å². The fourth-order valence-corrected chi connectivity index (χ4v) is 4.60. The zero-order valence-corrected chi connectivity index (χ0v) is 16.3. The molecule has 1 aliphatic heterocycles. The highest BCUT2D eigenvalue weighted by atomic mass is 32.2. The number of esters is 1. The first-order chi connectivity index (χ1) is 13.6. The fourth-order valence-electron chi connectivity index (χ4n) is 3.58. The first-order valence-corrected chi connectivity index (χ1v) is 9.78. The third-order valence-corrected chi connectivity index (χ3v) is 5.96. The number of ketones is 1. The maximum absolute atomic E-state index is 13.4. The standard InChI is InChI=1S/C20H19N3O4S/c1-3-27-20(25)12-9-13-17(16(24)14(12)11-7-5-4-6-8-11)28-19-15(23-13)18(26-2)21-10-22-19/h4-8,10,12,14,23H,3,9H2,1-2H3/t12-,14+/m0/s1. The molecule has 1 aromatic heterocycles. The number of nitrogens with zero attached hydrogens (tertiary/aromatic N) is 2. The summed E-state index contributed by atoms with van der Waals surface area (Å²) in [5, 5.41) is 3.85. The molecule has 2 heterocycles. The molecule has 0 fully saturated rings. The van der Waals surface area contributed by atoms with Crippen LogP contribution in [0.1, 0.15) is 24.8 Å². The van der Waals surface area contributed by atoms with Gasteiger partial charge < -0.3 is 14.8 Å². The van der Waals surface area contributed by atoms with Crippen LogP contribution in [0.15, 0.2) is 52.3 Å². The zero-order valence-electron chi connectivity index (χ0n) is 15.5. The highest BCUT2D eigenvalue weighted by Gasteiger charge is 2.45. The number of Topliss-reactive ketones (excluding diaryl/α,β-unsaturated/α-hetero) is 1. The molecule has 0 amide bonds. The molecule has 8 heteroatoms. The molecule has 1 N–H and O–H groups in total. The lowest BCUT2D eigenvalue weighted by molar-refractivity contribution is -0.150. The minimum atomic E-state index is -0.598. The second kappa shape index (κ2) is 7.63. The number of aromatic nitrogens is 2. The lowest BCUT2D eigenvalue weighted by Crippen LogP contribution is -2.36. The molecule has 7 nitrogen and oxygen atoms in total. The van der Waals surface area contributed by atoms with Crippen molar-refractivity contribution in [2.45, 2.75) is 24.3 Å². The predicted octanol–water partition coefficient (Wildman–Crippen LogP) is 3.15. The van der Waals surface area contributed by atoms with E-state index in [-0.39, 0.29) is 18.4 Å². The number of benzene rings is 1. The van der Waals surface area contributed by atoms with Crippen LogP contribution in [0.2, 0.25) is 0 Å². The number of fused-ring (bicyclic) bond motifs is 1. The molecule has 0 unspecified atom stereocenters. The van der Waals surface area contributed by atoms with Gasteiger partial charge in [-0.15, -0.1) is 0 Å². The normalized spacial score (nSPS) is 20.7. The van der Waals surface area contributed by atoms with Crippen LogP contribution in [-0.2, 0) is 14.3 Å². The van der Waals surface area contributed by atoms with Gasteiger partial charge in [0.25, 0.3) is 0 Å². The molecule has 4 rings (SSSR count). The Morgan fingerprint density at radius 2 is 2.07 bits per heavy atom. The minimum Gasteiger partial charge on any atom is -0.479 e. The smallest absolute Gasteiger partial charge is 0.310 e. The average molecular weight is 397 g/mol. The second-order valence-corrected chi connectivity index (χ2v) is 7.41. The van der Waals surface area contributed by atoms with E-state index in [1.165, 1.54) is 25.2 Å². The quantitative estimate of drug-likeness (QED) is 0.622. The summed E-state index contributed by atoms with van der Waals surface area (Å²) < 4.78 is 10.6. The van der Waals surface area contributed by atoms with Crippen molar-refractivity contribution in [3.05, 3.63) is 52.8 Å². The maximum Gasteiger partial charge on any atom is 0.310 e. The summed E-state index contributed by atoms with van der Waals surface area (Å²) in [6, 6.07) is 9.38. The van der Waals surface area contributed by atoms with Gasteiger partial charge in [0.2, 0.25) is 5.88 Å². The molecule has 28 heavy (non-hydrogen) atoms. The number of hydrogen-bond acceptors (Lipinski definition) is 8. The van der Waals surface area contributed by atoms with E-state index >= 15 is 0 Å². The van der Waals surface area contributed by atoms with Gasteiger partial charge in [-0.3, -0.25) is 9.59 Å². The highest BCUT2D eigenvalue weighted by Crippen LogP contribution is 2.50. The number of ether oxygens (including phenoxy) is 2. The fraction of sp³-hybridized carbons (Fsp3) is 0.300. The minimum absolute atomic E-state index is 0.105. The van der Waals surface area contributed by atoms with Gasteiger partial charge in [0, 0.05) is 12.1 Å². The number of hydrogen-bond donors (Lipinski definition) is 1. The lowest BCUT2D eigenvalue weighted by atomic mass is 9.76. The van der Waals surface area contributed by atoms with Crippen molar-refractivity contribution in [1.29, 1.82) is 0 Å². The summed E-state index contributed by atoms with van der Waals surface area (Å²) in [6.45, 7) is 2.03. The van der Waals surface area contributed by atoms with Crippen LogP contribution >= 0.6 is 11.8 Å². The third kappa shape index (κ3) is 3.13. The molecular formula is C20H19N3O4S. The number of nitrogens with one attached hydrogen (secondary N) is 1. The molecule has 144 valence electrons. The van der Waals surface area contributed by atoms with Gasteiger partial charge in [0.15, 0.2) is 5.78 Å². The summed E-state index contributed by atoms with van der Waals surface area (Å²) in [6.07, 6.45) is 1.77. The number of anilines is 1. The second-order valence-electron chi connectivity index (χ2n) is 6.41. The van der Waals surface area contributed by atoms with Gasteiger partial charge in [0.1, 0.15) is 17.0 Å². The number of allylic oxidation sites excluding steroid dienone is 2. The monoisotopic (exact) mass is 397 g/mol. The maximum atomic E-state index is 13.4. The van der Waals surface area contributed by atoms with Crippen LogP contribution in [0.5, 0.6) is 5.88 Å². The van der Waals surface area contributed by atoms with E-state index in [1.54, 1.807) is 6.92 Å². The lowest BCUT2D eigenvalue weighted by Gasteiger charge is -2.34. The first kappa shape index (κ1) is 18.5. The van der Waals surface area contributed by atoms with Gasteiger partial charge >= 0.3 is 5.97 Å². The molecule has 2 atom stereocenters. The molecule has 0 saturated heterocycles. The highest BCUT2D eigenvalue weighted by molar-refractivity contribution is 8.04. The molecule has 0 spiro atoms. The summed E-state index contributed by atoms with van der Waals surface area (Å²) in [5.41, 5.74) is 2.10. The van der Waals surface area contributed by atoms with Crippen LogP contribution in [0, 0.1) is 5.92 Å². The average Bonchev–Trinajstić information content (AvgIpc) is 2.73. The van der Waals surface area contributed by atoms with Crippen LogP contribution in [0.4, 0.5) is 5.69 Å². The molecule has 1 aliphatic carbocycles. The van der Waals surface area contributed by atoms with E-state index in [1.807, 2.05) is 30.3 Å². The van der Waals surface area contributed by atoms with E-state index in [9.17, 15) is 9.59 Å². The van der Waals surface area contributed by atoms with Crippen LogP contribution < -0.4 is 10.1 Å². The summed E-state index contributed by atoms with van der Waals surface area (Å²) in [7, 11) is 1.53. The van der Waals surface area contributed by atoms with Gasteiger partial charge in [0.05, 0.1) is 30.5 Å². The van der Waals surface area contributed by atoms with E-state index in [0.29, 0.717) is 33.6 Å². The van der Waals surface area contributed by atoms with Crippen molar-refractivity contribution in [2.24, 2.45) is 5.92 Å². The Hall–Kier alpha value is -2.87. The Labute approximate surface area is 166 Å². The van der Waals surface area contributed by atoms with E-state index in [4.69, 9.17) is 9.47 Å². The van der Waals surface area contributed by atoms with Crippen molar-refractivity contribution in [2.75, 3.05) is 19.0 Å². The van der Waals surface area contributed by atoms with Crippen LogP contribution in [0.25, 0.3) is 0 Å². The van der Waals surface area contributed by atoms with Gasteiger partial charge in [-0.05, 0) is 12.5 Å². The van der Waals surface area contributed by atoms with Crippen molar-refractivity contribution in [3.8, 4) is 5.88 Å². The van der Waals surface area contributed by atoms with Gasteiger partial charge in [-0.25, -0.2) is 4.98 Å². The largest absolute Gasteiger partial charge is 0.479 e. The summed E-state index contributed by atoms with van der Waals surface area (Å²) in [5.74, 6) is -1.26. The first-order valence-electron chi connectivity index (χ1n) is 8.96. The Balaban J connectivity index is 1.76. The third-order valence-electron chi connectivity index (χ3n) is 4.80. The van der Waals surface area contributed by atoms with Crippen molar-refractivity contribution < 1.29 is 19.1 Å². The molecule has 0 bridgehead atoms. The van der Waals surface area contributed by atoms with Crippen molar-refractivity contribution >= 4 is 29.2 Å². The number of rotatable bonds is 4. The predicted molar refractivity (Wildman–Crippen MR) is 104 cm³/mol. The topological polar surface area (TPSA) is 90.4 Å². The molecule has 0 radical (unpaired) electrons. The van der Waals surface area contributed by atoms with Crippen LogP contribution in [0.3, 0.4) is 0 Å². The molecule has 1 aromatic carbocycles. The summed E-state index contributed by atoms with van der Waals surface area (Å²) >= 11 is 1.29. The number of thioether (sulfide) groups is 1. The Morgan fingerprint density at radius 1 is 1.29 bits per heavy atom. The number of carbonyl (C=O) groups excluding carboxylic acids is 2. The van der Waals surface area contributed by atoms with E-state index in [2.05, 4.69) is 15.3 Å². The number of carbonyl (C=O) groups is 2. The Kier molecular flexibility index (Phi) is 5.04. The SMILES string of the molecule is CCOC(=O)[C@H]1CC2=C(Sc3ncnc(OC)c3N2)C(=O)[C@@H]1c1ccccc1. The Bertz CT molecular complexity index is 961. The summed E-state index contributed by atoms with van der Waals surface area (Å²) in [4.78, 5) is 35.1. The van der Waals surface area contributed by atoms with Crippen molar-refractivity contribution in [3.63, 3.8) is 0 Å². The molecule has 0 saturated carbocycles. The zero-order chi connectivity index (χ0) is 19.7. The van der Waals surface area contributed by atoms with Crippen LogP contribution in [-0.4, -0.2) is 35.4 Å². The van der Waals surface area contributed by atoms with E-state index < -0.39 is 11.8 Å². The molecular weight excluding hydrogens is 378 g/mol. The van der Waals surface area contributed by atoms with Gasteiger partial charge in [-0.2, -0.15) is 4.98 Å². The number of methoxy groups -OCH3 is 1. The van der Waals surface area contributed by atoms with E-state index in [0.717, 1.165) is 5.56 Å². The van der Waals surface area contributed by atoms with Gasteiger partial charge in [-0.1, -0.05) is 42.1 Å². The molecule has 2 aromatic rings. The Morgan fingerprint density at radius 3 is 2.79 bits per heavy atom. The molecule has 2 aliphatic rings.